The maximum absolute atomic E-state index is 11.8. The van der Waals surface area contributed by atoms with E-state index in [1.165, 1.54) is 6.26 Å². The van der Waals surface area contributed by atoms with Crippen molar-refractivity contribution in [3.8, 4) is 0 Å². The first-order valence-electron chi connectivity index (χ1n) is 7.08. The number of rotatable bonds is 5. The second kappa shape index (κ2) is 7.14. The summed E-state index contributed by atoms with van der Waals surface area (Å²) in [4.78, 5) is 11.8. The lowest BCUT2D eigenvalue weighted by Gasteiger charge is -2.22. The van der Waals surface area contributed by atoms with E-state index >= 15 is 0 Å². The summed E-state index contributed by atoms with van der Waals surface area (Å²) in [5, 5.41) is 15.7. The number of hydrogen-bond acceptors (Lipinski definition) is 3. The van der Waals surface area contributed by atoms with Crippen LogP contribution in [0.4, 0.5) is 4.79 Å². The Balaban J connectivity index is 1.72. The molecule has 1 aliphatic carbocycles. The fraction of sp³-hybridized carbons (Fsp3) is 0.533. The monoisotopic (exact) mass is 278 g/mol. The molecule has 1 aromatic heterocycles. The third kappa shape index (κ3) is 4.42. The van der Waals surface area contributed by atoms with E-state index in [0.717, 1.165) is 19.3 Å². The summed E-state index contributed by atoms with van der Waals surface area (Å²) < 4.78 is 5.14. The highest BCUT2D eigenvalue weighted by Crippen LogP contribution is 2.18. The largest absolute Gasteiger partial charge is 0.467 e. The van der Waals surface area contributed by atoms with Crippen LogP contribution in [0, 0.1) is 0 Å². The molecule has 0 saturated heterocycles. The molecule has 20 heavy (non-hydrogen) atoms. The van der Waals surface area contributed by atoms with Gasteiger partial charge >= 0.3 is 6.03 Å². The molecular formula is C15H22N2O3. The maximum Gasteiger partial charge on any atom is 0.315 e. The van der Waals surface area contributed by atoms with Crippen molar-refractivity contribution in [1.82, 2.24) is 10.6 Å². The Bertz CT molecular complexity index is 442. The average molecular weight is 278 g/mol. The minimum Gasteiger partial charge on any atom is -0.467 e. The van der Waals surface area contributed by atoms with E-state index in [9.17, 15) is 9.90 Å². The summed E-state index contributed by atoms with van der Waals surface area (Å²) in [7, 11) is 0. The van der Waals surface area contributed by atoms with Crippen molar-refractivity contribution < 1.29 is 14.3 Å². The van der Waals surface area contributed by atoms with Crippen molar-refractivity contribution >= 4 is 6.03 Å². The first-order valence-corrected chi connectivity index (χ1v) is 7.08. The topological polar surface area (TPSA) is 74.5 Å². The van der Waals surface area contributed by atoms with Crippen LogP contribution in [0.2, 0.25) is 0 Å². The molecule has 1 aliphatic rings. The van der Waals surface area contributed by atoms with Crippen LogP contribution in [-0.4, -0.2) is 23.2 Å². The van der Waals surface area contributed by atoms with Gasteiger partial charge < -0.3 is 20.2 Å². The van der Waals surface area contributed by atoms with Crippen molar-refractivity contribution in [3.05, 3.63) is 36.3 Å². The Morgan fingerprint density at radius 1 is 1.55 bits per heavy atom. The fourth-order valence-electron chi connectivity index (χ4n) is 2.37. The number of aliphatic hydroxyl groups excluding tert-OH is 1. The third-order valence-electron chi connectivity index (χ3n) is 3.43. The summed E-state index contributed by atoms with van der Waals surface area (Å²) in [5.41, 5.74) is 0. The smallest absolute Gasteiger partial charge is 0.315 e. The minimum absolute atomic E-state index is 0.130. The SMILES string of the molecule is C[C@H](C[C@@H](O)c1ccco1)NC(=O)N[C@@H]1CC=CCC1. The zero-order valence-corrected chi connectivity index (χ0v) is 11.7. The highest BCUT2D eigenvalue weighted by molar-refractivity contribution is 5.74. The maximum atomic E-state index is 11.8. The van der Waals surface area contributed by atoms with E-state index in [-0.39, 0.29) is 18.1 Å². The molecule has 1 aromatic rings. The van der Waals surface area contributed by atoms with Gasteiger partial charge in [-0.3, -0.25) is 0 Å². The van der Waals surface area contributed by atoms with E-state index in [1.807, 2.05) is 6.92 Å². The quantitative estimate of drug-likeness (QED) is 0.724. The van der Waals surface area contributed by atoms with E-state index in [4.69, 9.17) is 4.42 Å². The molecule has 3 N–H and O–H groups in total. The van der Waals surface area contributed by atoms with Gasteiger partial charge in [0.1, 0.15) is 11.9 Å². The standard InChI is InChI=1S/C15H22N2O3/c1-11(10-13(18)14-8-5-9-20-14)16-15(19)17-12-6-3-2-4-7-12/h2-3,5,8-9,11-13,18H,4,6-7,10H2,1H3,(H2,16,17,19)/t11-,12-,13-/m1/s1. The number of urea groups is 1. The third-order valence-corrected chi connectivity index (χ3v) is 3.43. The number of allylic oxidation sites excluding steroid dienone is 1. The molecule has 2 rings (SSSR count). The molecule has 0 aliphatic heterocycles. The molecule has 0 bridgehead atoms. The van der Waals surface area contributed by atoms with Gasteiger partial charge in [0, 0.05) is 18.5 Å². The Labute approximate surface area is 119 Å². The van der Waals surface area contributed by atoms with E-state index < -0.39 is 6.10 Å². The number of carbonyl (C=O) groups is 1. The summed E-state index contributed by atoms with van der Waals surface area (Å²) in [6.07, 6.45) is 8.36. The Morgan fingerprint density at radius 2 is 2.40 bits per heavy atom. The van der Waals surface area contributed by atoms with Crippen molar-refractivity contribution in [1.29, 1.82) is 0 Å². The zero-order chi connectivity index (χ0) is 14.4. The molecule has 0 saturated carbocycles. The summed E-state index contributed by atoms with van der Waals surface area (Å²) in [6, 6.07) is 3.37. The predicted octanol–water partition coefficient (Wildman–Crippen LogP) is 2.50. The van der Waals surface area contributed by atoms with E-state index in [0.29, 0.717) is 12.2 Å². The average Bonchev–Trinajstić information content (AvgIpc) is 2.93. The lowest BCUT2D eigenvalue weighted by atomic mass is 10.0. The lowest BCUT2D eigenvalue weighted by Crippen LogP contribution is -2.46. The molecule has 3 atom stereocenters. The summed E-state index contributed by atoms with van der Waals surface area (Å²) in [6.45, 7) is 1.87. The van der Waals surface area contributed by atoms with Gasteiger partial charge in [-0.1, -0.05) is 12.2 Å². The van der Waals surface area contributed by atoms with Crippen LogP contribution in [-0.2, 0) is 0 Å². The van der Waals surface area contributed by atoms with Crippen molar-refractivity contribution in [3.63, 3.8) is 0 Å². The molecule has 0 radical (unpaired) electrons. The molecule has 0 fully saturated rings. The first kappa shape index (κ1) is 14.7. The number of amides is 2. The minimum atomic E-state index is -0.696. The molecule has 5 heteroatoms. The van der Waals surface area contributed by atoms with Gasteiger partial charge in [-0.05, 0) is 38.3 Å². The van der Waals surface area contributed by atoms with E-state index in [1.54, 1.807) is 12.1 Å². The van der Waals surface area contributed by atoms with Crippen LogP contribution in [0.3, 0.4) is 0 Å². The number of carbonyl (C=O) groups excluding carboxylic acids is 1. The lowest BCUT2D eigenvalue weighted by molar-refractivity contribution is 0.129. The molecular weight excluding hydrogens is 256 g/mol. The summed E-state index contributed by atoms with van der Waals surface area (Å²) >= 11 is 0. The van der Waals surface area contributed by atoms with Gasteiger partial charge in [-0.2, -0.15) is 0 Å². The Morgan fingerprint density at radius 3 is 3.05 bits per heavy atom. The van der Waals surface area contributed by atoms with Crippen molar-refractivity contribution in [2.45, 2.75) is 50.8 Å². The van der Waals surface area contributed by atoms with Crippen LogP contribution in [0.5, 0.6) is 0 Å². The van der Waals surface area contributed by atoms with Crippen LogP contribution in [0.25, 0.3) is 0 Å². The van der Waals surface area contributed by atoms with Crippen LogP contribution < -0.4 is 10.6 Å². The molecule has 110 valence electrons. The molecule has 0 spiro atoms. The van der Waals surface area contributed by atoms with Crippen LogP contribution in [0.1, 0.15) is 44.5 Å². The fourth-order valence-corrected chi connectivity index (χ4v) is 2.37. The molecule has 1 heterocycles. The molecule has 2 amide bonds. The molecule has 0 unspecified atom stereocenters. The number of furan rings is 1. The number of hydrogen-bond donors (Lipinski definition) is 3. The Kier molecular flexibility index (Phi) is 5.24. The van der Waals surface area contributed by atoms with Crippen molar-refractivity contribution in [2.75, 3.05) is 0 Å². The predicted molar refractivity (Wildman–Crippen MR) is 76.2 cm³/mol. The second-order valence-electron chi connectivity index (χ2n) is 5.27. The van der Waals surface area contributed by atoms with Gasteiger partial charge in [0.2, 0.25) is 0 Å². The van der Waals surface area contributed by atoms with Gasteiger partial charge in [-0.15, -0.1) is 0 Å². The summed E-state index contributed by atoms with van der Waals surface area (Å²) in [5.74, 6) is 0.525. The number of nitrogens with one attached hydrogen (secondary N) is 2. The van der Waals surface area contributed by atoms with Gasteiger partial charge in [0.05, 0.1) is 6.26 Å². The van der Waals surface area contributed by atoms with Gasteiger partial charge in [0.25, 0.3) is 0 Å². The normalized spacial score (nSPS) is 21.2. The molecule has 0 aromatic carbocycles. The van der Waals surface area contributed by atoms with Crippen LogP contribution >= 0.6 is 0 Å². The zero-order valence-electron chi connectivity index (χ0n) is 11.7. The highest BCUT2D eigenvalue weighted by atomic mass is 16.4. The van der Waals surface area contributed by atoms with Crippen molar-refractivity contribution in [2.24, 2.45) is 0 Å². The highest BCUT2D eigenvalue weighted by Gasteiger charge is 2.18. The van der Waals surface area contributed by atoms with Crippen LogP contribution in [0.15, 0.2) is 35.0 Å². The van der Waals surface area contributed by atoms with Gasteiger partial charge in [-0.25, -0.2) is 4.79 Å². The molecule has 5 nitrogen and oxygen atoms in total. The Hall–Kier alpha value is -1.75. The second-order valence-corrected chi connectivity index (χ2v) is 5.27. The van der Waals surface area contributed by atoms with E-state index in [2.05, 4.69) is 22.8 Å². The first-order chi connectivity index (χ1) is 9.65. The number of aliphatic hydroxyl groups is 1. The van der Waals surface area contributed by atoms with Gasteiger partial charge in [0.15, 0.2) is 0 Å².